The van der Waals surface area contributed by atoms with Crippen LogP contribution in [0.2, 0.25) is 10.0 Å². The summed E-state index contributed by atoms with van der Waals surface area (Å²) >= 11 is 11.3. The van der Waals surface area contributed by atoms with Crippen molar-refractivity contribution in [1.29, 1.82) is 0 Å². The van der Waals surface area contributed by atoms with Crippen LogP contribution in [0.25, 0.3) is 6.08 Å². The lowest BCUT2D eigenvalue weighted by Crippen LogP contribution is -2.19. The van der Waals surface area contributed by atoms with E-state index in [-0.39, 0.29) is 12.2 Å². The first-order valence-corrected chi connectivity index (χ1v) is 8.97. The Morgan fingerprint density at radius 3 is 2.29 bits per heavy atom. The van der Waals surface area contributed by atoms with Gasteiger partial charge in [-0.1, -0.05) is 47.5 Å². The van der Waals surface area contributed by atoms with E-state index in [9.17, 15) is 22.4 Å². The van der Waals surface area contributed by atoms with Gasteiger partial charge in [0.05, 0.1) is 28.1 Å². The molecule has 0 amide bonds. The Morgan fingerprint density at radius 2 is 1.79 bits per heavy atom. The fourth-order valence-corrected chi connectivity index (χ4v) is 3.10. The number of alkyl halides is 3. The van der Waals surface area contributed by atoms with E-state index < -0.39 is 33.9 Å². The average Bonchev–Trinajstić information content (AvgIpc) is 2.58. The lowest BCUT2D eigenvalue weighted by molar-refractivity contribution is -0.139. The molecule has 0 saturated heterocycles. The van der Waals surface area contributed by atoms with E-state index in [1.165, 1.54) is 18.2 Å². The smallest absolute Gasteiger partial charge is 0.399 e. The Morgan fingerprint density at radius 1 is 1.18 bits per heavy atom. The molecule has 2 rings (SSSR count). The maximum Gasteiger partial charge on any atom is 0.399 e. The topological polar surface area (TPSA) is 26.3 Å². The summed E-state index contributed by atoms with van der Waals surface area (Å²) in [6.45, 7) is 3.55. The van der Waals surface area contributed by atoms with Crippen molar-refractivity contribution in [2.45, 2.75) is 25.9 Å². The molecule has 2 aromatic carbocycles. The fourth-order valence-electron chi connectivity index (χ4n) is 2.60. The normalized spacial score (nSPS) is 13.0. The highest BCUT2D eigenvalue weighted by Crippen LogP contribution is 2.39. The Bertz CT molecular complexity index is 885. The second kappa shape index (κ2) is 8.97. The number of carbonyl (C=O) groups excluding carboxylic acids is 1. The van der Waals surface area contributed by atoms with Crippen LogP contribution < -0.4 is 0 Å². The van der Waals surface area contributed by atoms with E-state index >= 15 is 0 Å². The molecule has 0 aliphatic carbocycles. The molecular weight excluding hydrogens is 419 g/mol. The summed E-state index contributed by atoms with van der Waals surface area (Å²) in [5, 5.41) is -0.973. The van der Waals surface area contributed by atoms with Crippen LogP contribution in [0.3, 0.4) is 0 Å². The third kappa shape index (κ3) is 5.26. The number of benzene rings is 2. The maximum absolute atomic E-state index is 13.5. The van der Waals surface area contributed by atoms with Gasteiger partial charge < -0.3 is 4.74 Å². The van der Waals surface area contributed by atoms with Crippen LogP contribution in [-0.2, 0) is 4.74 Å². The first-order chi connectivity index (χ1) is 13.0. The SMILES string of the molecule is CCOC(=O)c1ccc(/C=C/C(c2cc(Cl)c(F)c(Cl)c2)C(F)(F)F)cc1C. The number of carbonyl (C=O) groups is 1. The highest BCUT2D eigenvalue weighted by atomic mass is 35.5. The number of hydrogen-bond donors (Lipinski definition) is 0. The number of hydrogen-bond acceptors (Lipinski definition) is 2. The third-order valence-corrected chi connectivity index (χ3v) is 4.49. The largest absolute Gasteiger partial charge is 0.462 e. The number of ether oxygens (including phenoxy) is 1. The zero-order valence-electron chi connectivity index (χ0n) is 14.9. The molecule has 0 fully saturated rings. The molecular formula is C20H16Cl2F4O2. The minimum atomic E-state index is -4.64. The Labute approximate surface area is 169 Å². The van der Waals surface area contributed by atoms with Crippen molar-refractivity contribution in [3.05, 3.63) is 74.5 Å². The Hall–Kier alpha value is -2.05. The molecule has 2 aromatic rings. The molecule has 0 radical (unpaired) electrons. The van der Waals surface area contributed by atoms with Gasteiger partial charge in [0.15, 0.2) is 5.82 Å². The number of esters is 1. The van der Waals surface area contributed by atoms with Crippen molar-refractivity contribution in [2.24, 2.45) is 0 Å². The van der Waals surface area contributed by atoms with Crippen molar-refractivity contribution >= 4 is 35.2 Å². The number of rotatable bonds is 5. The minimum Gasteiger partial charge on any atom is -0.462 e. The van der Waals surface area contributed by atoms with Crippen LogP contribution in [0, 0.1) is 12.7 Å². The average molecular weight is 435 g/mol. The van der Waals surface area contributed by atoms with Crippen molar-refractivity contribution in [3.8, 4) is 0 Å². The lowest BCUT2D eigenvalue weighted by Gasteiger charge is -2.18. The summed E-state index contributed by atoms with van der Waals surface area (Å²) in [6, 6.07) is 6.37. The van der Waals surface area contributed by atoms with Crippen LogP contribution in [0.1, 0.15) is 39.9 Å². The number of aryl methyl sites for hydroxylation is 1. The van der Waals surface area contributed by atoms with E-state index in [4.69, 9.17) is 27.9 Å². The molecule has 8 heteroatoms. The Kier molecular flexibility index (Phi) is 7.12. The molecule has 0 saturated carbocycles. The van der Waals surface area contributed by atoms with E-state index in [0.717, 1.165) is 18.2 Å². The van der Waals surface area contributed by atoms with Gasteiger partial charge in [-0.3, -0.25) is 0 Å². The number of allylic oxidation sites excluding steroid dienone is 1. The maximum atomic E-state index is 13.5. The molecule has 0 aliphatic rings. The highest BCUT2D eigenvalue weighted by Gasteiger charge is 2.39. The molecule has 0 heterocycles. The van der Waals surface area contributed by atoms with Crippen molar-refractivity contribution in [1.82, 2.24) is 0 Å². The third-order valence-electron chi connectivity index (χ3n) is 3.94. The Balaban J connectivity index is 2.37. The molecule has 0 N–H and O–H groups in total. The van der Waals surface area contributed by atoms with Crippen molar-refractivity contribution in [3.63, 3.8) is 0 Å². The zero-order valence-corrected chi connectivity index (χ0v) is 16.4. The molecule has 2 nitrogen and oxygen atoms in total. The predicted octanol–water partition coefficient (Wildman–Crippen LogP) is 6.98. The molecule has 0 aromatic heterocycles. The van der Waals surface area contributed by atoms with Gasteiger partial charge in [-0.2, -0.15) is 13.2 Å². The monoisotopic (exact) mass is 434 g/mol. The van der Waals surface area contributed by atoms with Gasteiger partial charge >= 0.3 is 12.1 Å². The predicted molar refractivity (Wildman–Crippen MR) is 101 cm³/mol. The van der Waals surface area contributed by atoms with Gasteiger partial charge in [0.1, 0.15) is 0 Å². The van der Waals surface area contributed by atoms with Crippen LogP contribution in [0.5, 0.6) is 0 Å². The van der Waals surface area contributed by atoms with Crippen LogP contribution in [0.15, 0.2) is 36.4 Å². The first kappa shape index (κ1) is 22.2. The summed E-state index contributed by atoms with van der Waals surface area (Å²) in [6.07, 6.45) is -2.44. The van der Waals surface area contributed by atoms with E-state index in [2.05, 4.69) is 0 Å². The second-order valence-electron chi connectivity index (χ2n) is 5.97. The molecule has 0 spiro atoms. The lowest BCUT2D eigenvalue weighted by atomic mass is 9.96. The quantitative estimate of drug-likeness (QED) is 0.288. The van der Waals surface area contributed by atoms with E-state index in [1.807, 2.05) is 0 Å². The summed E-state index contributed by atoms with van der Waals surface area (Å²) in [5.41, 5.74) is 1.08. The summed E-state index contributed by atoms with van der Waals surface area (Å²) < 4.78 is 59.0. The molecule has 0 aliphatic heterocycles. The van der Waals surface area contributed by atoms with Crippen molar-refractivity contribution < 1.29 is 27.1 Å². The van der Waals surface area contributed by atoms with E-state index in [0.29, 0.717) is 16.7 Å². The van der Waals surface area contributed by atoms with Gasteiger partial charge in [-0.15, -0.1) is 0 Å². The molecule has 28 heavy (non-hydrogen) atoms. The molecule has 150 valence electrons. The van der Waals surface area contributed by atoms with Crippen molar-refractivity contribution in [2.75, 3.05) is 6.61 Å². The standard InChI is InChI=1S/C20H16Cl2F4O2/c1-3-28-19(27)14-6-4-12(8-11(14)2)5-7-15(20(24,25)26)13-9-16(21)18(23)17(22)10-13/h4-10,15H,3H2,1-2H3/b7-5+. The summed E-state index contributed by atoms with van der Waals surface area (Å²) in [5.74, 6) is -3.51. The van der Waals surface area contributed by atoms with Gasteiger partial charge in [-0.05, 0) is 48.7 Å². The minimum absolute atomic E-state index is 0.218. The fraction of sp³-hybridized carbons (Fsp3) is 0.250. The van der Waals surface area contributed by atoms with Gasteiger partial charge in [0, 0.05) is 0 Å². The molecule has 0 bridgehead atoms. The number of halogens is 6. The molecule has 1 atom stereocenters. The first-order valence-electron chi connectivity index (χ1n) is 8.21. The summed E-state index contributed by atoms with van der Waals surface area (Å²) in [7, 11) is 0. The van der Waals surface area contributed by atoms with Crippen LogP contribution in [-0.4, -0.2) is 18.8 Å². The summed E-state index contributed by atoms with van der Waals surface area (Å²) in [4.78, 5) is 11.8. The van der Waals surface area contributed by atoms with E-state index in [1.54, 1.807) is 19.9 Å². The second-order valence-corrected chi connectivity index (χ2v) is 6.79. The highest BCUT2D eigenvalue weighted by molar-refractivity contribution is 6.35. The van der Waals surface area contributed by atoms with Crippen LogP contribution >= 0.6 is 23.2 Å². The van der Waals surface area contributed by atoms with Gasteiger partial charge in [-0.25, -0.2) is 9.18 Å². The van der Waals surface area contributed by atoms with Gasteiger partial charge in [0.2, 0.25) is 0 Å². The van der Waals surface area contributed by atoms with Gasteiger partial charge in [0.25, 0.3) is 0 Å². The zero-order chi connectivity index (χ0) is 21.1. The molecule has 1 unspecified atom stereocenters. The van der Waals surface area contributed by atoms with Crippen LogP contribution in [0.4, 0.5) is 17.6 Å².